The smallest absolute Gasteiger partial charge is 0.310 e. The SMILES string of the molecule is CCCOC(=O)C1CCCC(C)C(C)C1C(=O)OCCC. The number of carbonyl (C=O) groups is 2. The lowest BCUT2D eigenvalue weighted by atomic mass is 9.77. The Hall–Kier alpha value is -1.06. The van der Waals surface area contributed by atoms with Gasteiger partial charge in [0.25, 0.3) is 0 Å². The molecule has 0 bridgehead atoms. The molecule has 0 amide bonds. The van der Waals surface area contributed by atoms with Crippen molar-refractivity contribution in [1.82, 2.24) is 0 Å². The van der Waals surface area contributed by atoms with Crippen LogP contribution < -0.4 is 0 Å². The van der Waals surface area contributed by atoms with Crippen molar-refractivity contribution in [3.8, 4) is 0 Å². The first-order valence-electron chi connectivity index (χ1n) is 8.36. The molecule has 4 nitrogen and oxygen atoms in total. The molecule has 0 aromatic carbocycles. The second-order valence-electron chi connectivity index (χ2n) is 6.23. The fourth-order valence-electron chi connectivity index (χ4n) is 3.07. The average molecular weight is 298 g/mol. The van der Waals surface area contributed by atoms with Crippen LogP contribution in [-0.2, 0) is 19.1 Å². The summed E-state index contributed by atoms with van der Waals surface area (Å²) in [5, 5.41) is 0. The van der Waals surface area contributed by atoms with Gasteiger partial charge in [0.2, 0.25) is 0 Å². The highest BCUT2D eigenvalue weighted by molar-refractivity contribution is 5.82. The molecule has 0 N–H and O–H groups in total. The molecule has 21 heavy (non-hydrogen) atoms. The van der Waals surface area contributed by atoms with Gasteiger partial charge in [-0.1, -0.05) is 40.5 Å². The van der Waals surface area contributed by atoms with Crippen molar-refractivity contribution in [2.75, 3.05) is 13.2 Å². The first-order chi connectivity index (χ1) is 10.0. The van der Waals surface area contributed by atoms with E-state index in [1.54, 1.807) is 0 Å². The monoisotopic (exact) mass is 298 g/mol. The Bertz CT molecular complexity index is 340. The number of hydrogen-bond acceptors (Lipinski definition) is 4. The average Bonchev–Trinajstić information content (AvgIpc) is 2.62. The Morgan fingerprint density at radius 2 is 1.52 bits per heavy atom. The summed E-state index contributed by atoms with van der Waals surface area (Å²) in [5.74, 6) is -0.587. The molecule has 1 aliphatic rings. The van der Waals surface area contributed by atoms with Crippen molar-refractivity contribution < 1.29 is 19.1 Å². The highest BCUT2D eigenvalue weighted by Gasteiger charge is 2.42. The second kappa shape index (κ2) is 9.06. The van der Waals surface area contributed by atoms with Gasteiger partial charge in [0.1, 0.15) is 0 Å². The van der Waals surface area contributed by atoms with Crippen LogP contribution >= 0.6 is 0 Å². The molecule has 0 aromatic heterocycles. The quantitative estimate of drug-likeness (QED) is 0.555. The molecular formula is C17H30O4. The Morgan fingerprint density at radius 3 is 2.10 bits per heavy atom. The van der Waals surface area contributed by atoms with Gasteiger partial charge < -0.3 is 9.47 Å². The van der Waals surface area contributed by atoms with E-state index in [-0.39, 0.29) is 29.7 Å². The van der Waals surface area contributed by atoms with Crippen LogP contribution in [0, 0.1) is 23.7 Å². The van der Waals surface area contributed by atoms with Gasteiger partial charge >= 0.3 is 11.9 Å². The lowest BCUT2D eigenvalue weighted by Gasteiger charge is -2.29. The van der Waals surface area contributed by atoms with Gasteiger partial charge in [0.15, 0.2) is 0 Å². The summed E-state index contributed by atoms with van der Waals surface area (Å²) >= 11 is 0. The van der Waals surface area contributed by atoms with Crippen molar-refractivity contribution in [3.63, 3.8) is 0 Å². The van der Waals surface area contributed by atoms with Crippen LogP contribution in [-0.4, -0.2) is 25.2 Å². The number of carbonyl (C=O) groups excluding carboxylic acids is 2. The molecule has 1 aliphatic carbocycles. The lowest BCUT2D eigenvalue weighted by molar-refractivity contribution is -0.163. The maximum Gasteiger partial charge on any atom is 0.310 e. The highest BCUT2D eigenvalue weighted by atomic mass is 16.5. The van der Waals surface area contributed by atoms with Crippen molar-refractivity contribution in [1.29, 1.82) is 0 Å². The summed E-state index contributed by atoms with van der Waals surface area (Å²) in [6.07, 6.45) is 4.34. The Labute approximate surface area is 128 Å². The van der Waals surface area contributed by atoms with Gasteiger partial charge in [0, 0.05) is 0 Å². The number of rotatable bonds is 6. The summed E-state index contributed by atoms with van der Waals surface area (Å²) in [6, 6.07) is 0. The minimum Gasteiger partial charge on any atom is -0.465 e. The standard InChI is InChI=1S/C17H30O4/c1-5-10-20-16(18)14-9-7-8-12(3)13(4)15(14)17(19)21-11-6-2/h12-15H,5-11H2,1-4H3. The molecule has 1 saturated carbocycles. The van der Waals surface area contributed by atoms with Crippen molar-refractivity contribution in [2.45, 2.75) is 59.8 Å². The maximum atomic E-state index is 12.4. The van der Waals surface area contributed by atoms with Crippen LogP contribution in [0.5, 0.6) is 0 Å². The van der Waals surface area contributed by atoms with Crippen LogP contribution in [0.3, 0.4) is 0 Å². The third-order valence-electron chi connectivity index (χ3n) is 4.54. The third-order valence-corrected chi connectivity index (χ3v) is 4.54. The zero-order valence-corrected chi connectivity index (χ0v) is 13.9. The number of ether oxygens (including phenoxy) is 2. The lowest BCUT2D eigenvalue weighted by Crippen LogP contribution is -2.37. The van der Waals surface area contributed by atoms with Crippen molar-refractivity contribution in [3.05, 3.63) is 0 Å². The van der Waals surface area contributed by atoms with Crippen LogP contribution in [0.15, 0.2) is 0 Å². The van der Waals surface area contributed by atoms with E-state index in [2.05, 4.69) is 13.8 Å². The molecule has 0 heterocycles. The molecule has 0 saturated heterocycles. The predicted octanol–water partition coefficient (Wildman–Crippen LogP) is 3.58. The van der Waals surface area contributed by atoms with Crippen molar-refractivity contribution >= 4 is 11.9 Å². The Kier molecular flexibility index (Phi) is 7.76. The largest absolute Gasteiger partial charge is 0.465 e. The normalized spacial score (nSPS) is 29.5. The maximum absolute atomic E-state index is 12.4. The molecule has 0 spiro atoms. The zero-order valence-electron chi connectivity index (χ0n) is 13.9. The van der Waals surface area contributed by atoms with Crippen LogP contribution in [0.25, 0.3) is 0 Å². The van der Waals surface area contributed by atoms with E-state index in [1.165, 1.54) is 0 Å². The van der Waals surface area contributed by atoms with Crippen LogP contribution in [0.4, 0.5) is 0 Å². The Morgan fingerprint density at radius 1 is 0.952 bits per heavy atom. The third kappa shape index (κ3) is 5.01. The van der Waals surface area contributed by atoms with Crippen LogP contribution in [0.2, 0.25) is 0 Å². The van der Waals surface area contributed by atoms with Gasteiger partial charge in [-0.15, -0.1) is 0 Å². The Balaban J connectivity index is 2.87. The number of esters is 2. The first-order valence-corrected chi connectivity index (χ1v) is 8.36. The minimum absolute atomic E-state index is 0.149. The van der Waals surface area contributed by atoms with Gasteiger partial charge in [-0.25, -0.2) is 0 Å². The summed E-state index contributed by atoms with van der Waals surface area (Å²) in [4.78, 5) is 24.7. The second-order valence-corrected chi connectivity index (χ2v) is 6.23. The van der Waals surface area contributed by atoms with E-state index < -0.39 is 0 Å². The van der Waals surface area contributed by atoms with Crippen molar-refractivity contribution in [2.24, 2.45) is 23.7 Å². The van der Waals surface area contributed by atoms with E-state index in [0.717, 1.165) is 32.1 Å². The fraction of sp³-hybridized carbons (Fsp3) is 0.882. The van der Waals surface area contributed by atoms with E-state index in [0.29, 0.717) is 19.1 Å². The summed E-state index contributed by atoms with van der Waals surface area (Å²) in [7, 11) is 0. The minimum atomic E-state index is -0.363. The van der Waals surface area contributed by atoms with Gasteiger partial charge in [-0.2, -0.15) is 0 Å². The summed E-state index contributed by atoms with van der Waals surface area (Å²) in [5.41, 5.74) is 0. The van der Waals surface area contributed by atoms with Gasteiger partial charge in [-0.3, -0.25) is 9.59 Å². The molecule has 1 fully saturated rings. The van der Waals surface area contributed by atoms with Crippen LogP contribution in [0.1, 0.15) is 59.8 Å². The highest BCUT2D eigenvalue weighted by Crippen LogP contribution is 2.38. The van der Waals surface area contributed by atoms with E-state index >= 15 is 0 Å². The molecular weight excluding hydrogens is 268 g/mol. The topological polar surface area (TPSA) is 52.6 Å². The molecule has 0 aliphatic heterocycles. The molecule has 4 heteroatoms. The fourth-order valence-corrected chi connectivity index (χ4v) is 3.07. The molecule has 4 atom stereocenters. The summed E-state index contributed by atoms with van der Waals surface area (Å²) in [6.45, 7) is 9.01. The molecule has 122 valence electrons. The van der Waals surface area contributed by atoms with Gasteiger partial charge in [0.05, 0.1) is 25.0 Å². The zero-order chi connectivity index (χ0) is 15.8. The number of hydrogen-bond donors (Lipinski definition) is 0. The van der Waals surface area contributed by atoms with Gasteiger partial charge in [-0.05, 0) is 31.1 Å². The summed E-state index contributed by atoms with van der Waals surface area (Å²) < 4.78 is 10.7. The predicted molar refractivity (Wildman–Crippen MR) is 81.7 cm³/mol. The first kappa shape index (κ1) is 18.0. The molecule has 1 rings (SSSR count). The van der Waals surface area contributed by atoms with E-state index in [9.17, 15) is 9.59 Å². The molecule has 0 aromatic rings. The van der Waals surface area contributed by atoms with E-state index in [4.69, 9.17) is 9.47 Å². The molecule has 4 unspecified atom stereocenters. The molecule has 0 radical (unpaired) electrons. The van der Waals surface area contributed by atoms with E-state index in [1.807, 2.05) is 13.8 Å².